The highest BCUT2D eigenvalue weighted by Gasteiger charge is 2.13. The molecule has 1 aromatic carbocycles. The third-order valence-corrected chi connectivity index (χ3v) is 3.82. The highest BCUT2D eigenvalue weighted by atomic mass is 16.4. The predicted molar refractivity (Wildman–Crippen MR) is 91.0 cm³/mol. The number of carbonyl (C=O) groups excluding carboxylic acids is 1. The normalized spacial score (nSPS) is 10.9. The Morgan fingerprint density at radius 2 is 1.71 bits per heavy atom. The van der Waals surface area contributed by atoms with E-state index in [4.69, 9.17) is 5.11 Å². The summed E-state index contributed by atoms with van der Waals surface area (Å²) in [5.74, 6) is -1.06. The van der Waals surface area contributed by atoms with E-state index in [1.54, 1.807) is 9.13 Å². The molecule has 24 heavy (non-hydrogen) atoms. The van der Waals surface area contributed by atoms with Crippen molar-refractivity contribution in [3.63, 3.8) is 0 Å². The molecule has 7 nitrogen and oxygen atoms in total. The zero-order valence-corrected chi connectivity index (χ0v) is 13.8. The average Bonchev–Trinajstić information content (AvgIpc) is 2.82. The van der Waals surface area contributed by atoms with Gasteiger partial charge in [-0.2, -0.15) is 0 Å². The maximum Gasteiger partial charge on any atom is 0.329 e. The van der Waals surface area contributed by atoms with Crippen LogP contribution in [0.5, 0.6) is 0 Å². The van der Waals surface area contributed by atoms with Gasteiger partial charge in [-0.15, -0.1) is 0 Å². The molecule has 0 aliphatic rings. The lowest BCUT2D eigenvalue weighted by molar-refractivity contribution is -0.137. The van der Waals surface area contributed by atoms with Gasteiger partial charge in [-0.3, -0.25) is 18.7 Å². The molecule has 0 atom stereocenters. The summed E-state index contributed by atoms with van der Waals surface area (Å²) in [7, 11) is 0. The number of carbonyl (C=O) groups is 2. The van der Waals surface area contributed by atoms with Crippen LogP contribution in [0, 0.1) is 0 Å². The molecule has 0 radical (unpaired) electrons. The van der Waals surface area contributed by atoms with Crippen LogP contribution in [0.25, 0.3) is 11.0 Å². The Balaban J connectivity index is 2.02. The lowest BCUT2D eigenvalue weighted by Crippen LogP contribution is -2.29. The molecule has 0 aliphatic heterocycles. The minimum Gasteiger partial charge on any atom is -0.481 e. The maximum absolute atomic E-state index is 12.6. The largest absolute Gasteiger partial charge is 0.481 e. The number of fused-ring (bicyclic) bond motifs is 1. The number of carboxylic acid groups (broad SMARTS) is 1. The van der Waals surface area contributed by atoms with Gasteiger partial charge in [0, 0.05) is 32.5 Å². The Bertz CT molecular complexity index is 776. The van der Waals surface area contributed by atoms with Crippen molar-refractivity contribution in [3.8, 4) is 0 Å². The number of rotatable bonds is 9. The number of carboxylic acids is 1. The molecule has 7 heteroatoms. The molecule has 2 rings (SSSR count). The van der Waals surface area contributed by atoms with E-state index < -0.39 is 5.97 Å². The van der Waals surface area contributed by atoms with Gasteiger partial charge in [0.05, 0.1) is 11.0 Å². The van der Waals surface area contributed by atoms with Gasteiger partial charge in [0.1, 0.15) is 0 Å². The SMILES string of the molecule is CCCn1c(=O)n(CCC(=O)NCCCC(=O)O)c2ccccc21. The quantitative estimate of drug-likeness (QED) is 0.681. The van der Waals surface area contributed by atoms with Crippen LogP contribution in [0.2, 0.25) is 0 Å². The van der Waals surface area contributed by atoms with Crippen LogP contribution in [0.15, 0.2) is 29.1 Å². The highest BCUT2D eigenvalue weighted by Crippen LogP contribution is 2.13. The first kappa shape index (κ1) is 17.8. The molecule has 0 bridgehead atoms. The number of para-hydroxylation sites is 2. The third-order valence-electron chi connectivity index (χ3n) is 3.82. The second kappa shape index (κ2) is 8.33. The molecule has 0 fully saturated rings. The summed E-state index contributed by atoms with van der Waals surface area (Å²) in [6.07, 6.45) is 1.48. The van der Waals surface area contributed by atoms with Crippen LogP contribution in [0.3, 0.4) is 0 Å². The fourth-order valence-electron chi connectivity index (χ4n) is 2.70. The van der Waals surface area contributed by atoms with Crippen molar-refractivity contribution in [2.75, 3.05) is 6.54 Å². The van der Waals surface area contributed by atoms with Crippen molar-refractivity contribution in [2.24, 2.45) is 0 Å². The van der Waals surface area contributed by atoms with Gasteiger partial charge in [0.2, 0.25) is 5.91 Å². The number of aliphatic carboxylic acids is 1. The molecule has 1 amide bonds. The van der Waals surface area contributed by atoms with Crippen LogP contribution < -0.4 is 11.0 Å². The second-order valence-electron chi connectivity index (χ2n) is 5.67. The fourth-order valence-corrected chi connectivity index (χ4v) is 2.70. The predicted octanol–water partition coefficient (Wildman–Crippen LogP) is 1.58. The Morgan fingerprint density at radius 1 is 1.08 bits per heavy atom. The van der Waals surface area contributed by atoms with E-state index in [0.29, 0.717) is 26.1 Å². The van der Waals surface area contributed by atoms with Crippen LogP contribution in [-0.2, 0) is 22.7 Å². The lowest BCUT2D eigenvalue weighted by atomic mass is 10.3. The van der Waals surface area contributed by atoms with Gasteiger partial charge in [-0.05, 0) is 25.0 Å². The second-order valence-corrected chi connectivity index (χ2v) is 5.67. The summed E-state index contributed by atoms with van der Waals surface area (Å²) in [6, 6.07) is 7.57. The van der Waals surface area contributed by atoms with E-state index in [1.807, 2.05) is 31.2 Å². The minimum atomic E-state index is -0.875. The Kier molecular flexibility index (Phi) is 6.17. The van der Waals surface area contributed by atoms with E-state index in [9.17, 15) is 14.4 Å². The minimum absolute atomic E-state index is 0.0320. The van der Waals surface area contributed by atoms with Crippen molar-refractivity contribution in [3.05, 3.63) is 34.7 Å². The summed E-state index contributed by atoms with van der Waals surface area (Å²) in [4.78, 5) is 34.8. The van der Waals surface area contributed by atoms with Gasteiger partial charge in [0.15, 0.2) is 0 Å². The van der Waals surface area contributed by atoms with Crippen molar-refractivity contribution in [2.45, 2.75) is 45.7 Å². The summed E-state index contributed by atoms with van der Waals surface area (Å²) in [5.41, 5.74) is 1.61. The van der Waals surface area contributed by atoms with Gasteiger partial charge in [-0.25, -0.2) is 4.79 Å². The monoisotopic (exact) mass is 333 g/mol. The molecule has 0 saturated carbocycles. The van der Waals surface area contributed by atoms with E-state index in [1.165, 1.54) is 0 Å². The number of aryl methyl sites for hydroxylation is 2. The van der Waals surface area contributed by atoms with Crippen LogP contribution in [-0.4, -0.2) is 32.7 Å². The average molecular weight is 333 g/mol. The molecule has 1 aromatic heterocycles. The molecule has 2 aromatic rings. The molecule has 0 unspecified atom stereocenters. The Hall–Kier alpha value is -2.57. The summed E-state index contributed by atoms with van der Waals surface area (Å²) in [6.45, 7) is 3.30. The van der Waals surface area contributed by atoms with Crippen molar-refractivity contribution >= 4 is 22.9 Å². The molecule has 2 N–H and O–H groups in total. The maximum atomic E-state index is 12.6. The Morgan fingerprint density at radius 3 is 2.29 bits per heavy atom. The molecule has 1 heterocycles. The summed E-state index contributed by atoms with van der Waals surface area (Å²) < 4.78 is 3.36. The van der Waals surface area contributed by atoms with Crippen molar-refractivity contribution < 1.29 is 14.7 Å². The van der Waals surface area contributed by atoms with Gasteiger partial charge in [0.25, 0.3) is 0 Å². The molecule has 0 aliphatic carbocycles. The van der Waals surface area contributed by atoms with Crippen molar-refractivity contribution in [1.82, 2.24) is 14.5 Å². The number of hydrogen-bond acceptors (Lipinski definition) is 3. The molecular formula is C17H23N3O4. The van der Waals surface area contributed by atoms with Gasteiger partial charge in [-0.1, -0.05) is 19.1 Å². The van der Waals surface area contributed by atoms with Crippen molar-refractivity contribution in [1.29, 1.82) is 0 Å². The molecule has 130 valence electrons. The van der Waals surface area contributed by atoms with Crippen LogP contribution in [0.4, 0.5) is 0 Å². The van der Waals surface area contributed by atoms with E-state index in [0.717, 1.165) is 17.5 Å². The Labute approximate surface area is 139 Å². The molecular weight excluding hydrogens is 310 g/mol. The first-order valence-corrected chi connectivity index (χ1v) is 8.21. The number of imidazole rings is 1. The van der Waals surface area contributed by atoms with E-state index in [-0.39, 0.29) is 24.4 Å². The number of benzene rings is 1. The number of aromatic nitrogens is 2. The highest BCUT2D eigenvalue weighted by molar-refractivity contribution is 5.78. The van der Waals surface area contributed by atoms with Gasteiger partial charge >= 0.3 is 11.7 Å². The topological polar surface area (TPSA) is 93.3 Å². The number of amides is 1. The number of nitrogens with zero attached hydrogens (tertiary/aromatic N) is 2. The standard InChI is InChI=1S/C17H23N3O4/c1-2-11-19-13-6-3-4-7-14(13)20(17(19)24)12-9-15(21)18-10-5-8-16(22)23/h3-4,6-7H,2,5,8-12H2,1H3,(H,18,21)(H,22,23). The first-order valence-electron chi connectivity index (χ1n) is 8.21. The fraction of sp³-hybridized carbons (Fsp3) is 0.471. The summed E-state index contributed by atoms with van der Waals surface area (Å²) in [5, 5.41) is 11.2. The summed E-state index contributed by atoms with van der Waals surface area (Å²) >= 11 is 0. The first-order chi connectivity index (χ1) is 11.5. The smallest absolute Gasteiger partial charge is 0.329 e. The molecule has 0 saturated heterocycles. The third kappa shape index (κ3) is 4.24. The lowest BCUT2D eigenvalue weighted by Gasteiger charge is -2.05. The number of hydrogen-bond donors (Lipinski definition) is 2. The zero-order chi connectivity index (χ0) is 17.5. The van der Waals surface area contributed by atoms with Crippen LogP contribution in [0.1, 0.15) is 32.6 Å². The van der Waals surface area contributed by atoms with Gasteiger partial charge < -0.3 is 10.4 Å². The number of nitrogens with one attached hydrogen (secondary N) is 1. The molecule has 0 spiro atoms. The van der Waals surface area contributed by atoms with Crippen LogP contribution >= 0.6 is 0 Å². The van der Waals surface area contributed by atoms with E-state index in [2.05, 4.69) is 5.32 Å². The van der Waals surface area contributed by atoms with E-state index >= 15 is 0 Å². The zero-order valence-electron chi connectivity index (χ0n) is 13.8.